The summed E-state index contributed by atoms with van der Waals surface area (Å²) in [6.07, 6.45) is 0. The van der Waals surface area contributed by atoms with Gasteiger partial charge in [0, 0.05) is 5.39 Å². The maximum atomic E-state index is 11.4. The SMILES string of the molecule is CC(C)C(Nc1cc(C(=O)O)c2ccccc2n1)C(N)=O. The number of carboxylic acids is 1. The molecule has 0 radical (unpaired) electrons. The third-order valence-corrected chi connectivity index (χ3v) is 3.22. The lowest BCUT2D eigenvalue weighted by Crippen LogP contribution is -2.39. The average molecular weight is 287 g/mol. The van der Waals surface area contributed by atoms with Gasteiger partial charge in [0.25, 0.3) is 0 Å². The zero-order valence-electron chi connectivity index (χ0n) is 11.8. The van der Waals surface area contributed by atoms with Crippen LogP contribution in [0.5, 0.6) is 0 Å². The number of benzene rings is 1. The Bertz CT molecular complexity index is 698. The zero-order valence-corrected chi connectivity index (χ0v) is 11.8. The van der Waals surface area contributed by atoms with E-state index >= 15 is 0 Å². The molecule has 1 aromatic heterocycles. The minimum Gasteiger partial charge on any atom is -0.478 e. The predicted octanol–water partition coefficient (Wildman–Crippen LogP) is 1.85. The normalized spacial score (nSPS) is 12.3. The van der Waals surface area contributed by atoms with Gasteiger partial charge in [-0.2, -0.15) is 0 Å². The molecule has 0 fully saturated rings. The topological polar surface area (TPSA) is 105 Å². The number of aromatic carboxylic acids is 1. The van der Waals surface area contributed by atoms with Gasteiger partial charge < -0.3 is 16.2 Å². The van der Waals surface area contributed by atoms with E-state index in [1.807, 2.05) is 13.8 Å². The molecule has 0 aliphatic heterocycles. The Balaban J connectivity index is 2.50. The van der Waals surface area contributed by atoms with E-state index in [1.165, 1.54) is 6.07 Å². The van der Waals surface area contributed by atoms with Crippen molar-refractivity contribution in [2.24, 2.45) is 11.7 Å². The van der Waals surface area contributed by atoms with Crippen LogP contribution in [0.2, 0.25) is 0 Å². The largest absolute Gasteiger partial charge is 0.478 e. The van der Waals surface area contributed by atoms with E-state index in [4.69, 9.17) is 5.73 Å². The Morgan fingerprint density at radius 1 is 1.29 bits per heavy atom. The van der Waals surface area contributed by atoms with Crippen molar-refractivity contribution >= 4 is 28.6 Å². The maximum Gasteiger partial charge on any atom is 0.336 e. The number of carboxylic acid groups (broad SMARTS) is 1. The highest BCUT2D eigenvalue weighted by molar-refractivity contribution is 6.03. The van der Waals surface area contributed by atoms with Gasteiger partial charge in [-0.3, -0.25) is 4.79 Å². The van der Waals surface area contributed by atoms with Gasteiger partial charge in [-0.25, -0.2) is 9.78 Å². The molecule has 1 aromatic carbocycles. The molecule has 0 aliphatic carbocycles. The number of para-hydroxylation sites is 1. The van der Waals surface area contributed by atoms with Gasteiger partial charge in [-0.1, -0.05) is 32.0 Å². The third-order valence-electron chi connectivity index (χ3n) is 3.22. The molecule has 0 saturated heterocycles. The molecular weight excluding hydrogens is 270 g/mol. The van der Waals surface area contributed by atoms with Crippen molar-refractivity contribution in [1.29, 1.82) is 0 Å². The van der Waals surface area contributed by atoms with Crippen LogP contribution in [-0.4, -0.2) is 28.0 Å². The predicted molar refractivity (Wildman–Crippen MR) is 80.1 cm³/mol. The highest BCUT2D eigenvalue weighted by Gasteiger charge is 2.21. The number of carbonyl (C=O) groups excluding carboxylic acids is 1. The van der Waals surface area contributed by atoms with Gasteiger partial charge in [0.1, 0.15) is 11.9 Å². The van der Waals surface area contributed by atoms with Crippen LogP contribution in [0.4, 0.5) is 5.82 Å². The number of aromatic nitrogens is 1. The molecule has 1 atom stereocenters. The summed E-state index contributed by atoms with van der Waals surface area (Å²) in [5, 5.41) is 12.8. The van der Waals surface area contributed by atoms with Crippen LogP contribution in [0, 0.1) is 5.92 Å². The van der Waals surface area contributed by atoms with Gasteiger partial charge in [-0.15, -0.1) is 0 Å². The number of hydrogen-bond acceptors (Lipinski definition) is 4. The number of nitrogens with two attached hydrogens (primary N) is 1. The lowest BCUT2D eigenvalue weighted by Gasteiger charge is -2.20. The summed E-state index contributed by atoms with van der Waals surface area (Å²) >= 11 is 0. The molecule has 0 saturated carbocycles. The molecule has 6 heteroatoms. The highest BCUT2D eigenvalue weighted by atomic mass is 16.4. The summed E-state index contributed by atoms with van der Waals surface area (Å²) in [6.45, 7) is 3.70. The smallest absolute Gasteiger partial charge is 0.336 e. The number of primary amides is 1. The van der Waals surface area contributed by atoms with Crippen LogP contribution in [0.3, 0.4) is 0 Å². The first-order valence-electron chi connectivity index (χ1n) is 6.59. The first-order valence-corrected chi connectivity index (χ1v) is 6.59. The van der Waals surface area contributed by atoms with Crippen molar-refractivity contribution in [2.45, 2.75) is 19.9 Å². The number of carbonyl (C=O) groups is 2. The van der Waals surface area contributed by atoms with Crippen molar-refractivity contribution in [3.63, 3.8) is 0 Å². The number of fused-ring (bicyclic) bond motifs is 1. The van der Waals surface area contributed by atoms with E-state index in [0.29, 0.717) is 16.7 Å². The lowest BCUT2D eigenvalue weighted by molar-refractivity contribution is -0.119. The molecule has 4 N–H and O–H groups in total. The van der Waals surface area contributed by atoms with Crippen LogP contribution >= 0.6 is 0 Å². The fourth-order valence-electron chi connectivity index (χ4n) is 2.15. The first kappa shape index (κ1) is 14.8. The number of pyridine rings is 1. The summed E-state index contributed by atoms with van der Waals surface area (Å²) in [5.74, 6) is -1.26. The second-order valence-corrected chi connectivity index (χ2v) is 5.15. The monoisotopic (exact) mass is 287 g/mol. The minimum atomic E-state index is -1.04. The molecule has 0 bridgehead atoms. The second kappa shape index (κ2) is 5.78. The maximum absolute atomic E-state index is 11.4. The molecular formula is C15H17N3O3. The van der Waals surface area contributed by atoms with E-state index in [-0.39, 0.29) is 11.5 Å². The number of nitrogens with one attached hydrogen (secondary N) is 1. The summed E-state index contributed by atoms with van der Waals surface area (Å²) in [7, 11) is 0. The van der Waals surface area contributed by atoms with Crippen LogP contribution in [0.1, 0.15) is 24.2 Å². The van der Waals surface area contributed by atoms with Crippen molar-refractivity contribution in [2.75, 3.05) is 5.32 Å². The van der Waals surface area contributed by atoms with Crippen LogP contribution in [-0.2, 0) is 4.79 Å². The van der Waals surface area contributed by atoms with Crippen molar-refractivity contribution in [1.82, 2.24) is 4.98 Å². The quantitative estimate of drug-likeness (QED) is 0.778. The fourth-order valence-corrected chi connectivity index (χ4v) is 2.15. The van der Waals surface area contributed by atoms with E-state index in [1.54, 1.807) is 24.3 Å². The summed E-state index contributed by atoms with van der Waals surface area (Å²) in [5.41, 5.74) is 6.03. The van der Waals surface area contributed by atoms with Crippen molar-refractivity contribution in [3.05, 3.63) is 35.9 Å². The Kier molecular flexibility index (Phi) is 4.07. The van der Waals surface area contributed by atoms with Crippen LogP contribution in [0.15, 0.2) is 30.3 Å². The van der Waals surface area contributed by atoms with Gasteiger partial charge in [0.15, 0.2) is 0 Å². The minimum absolute atomic E-state index is 0.0379. The standard InChI is InChI=1S/C15H17N3O3/c1-8(2)13(14(16)19)18-12-7-10(15(20)21)9-5-3-4-6-11(9)17-12/h3-8,13H,1-2H3,(H2,16,19)(H,17,18)(H,20,21). The highest BCUT2D eigenvalue weighted by Crippen LogP contribution is 2.22. The summed E-state index contributed by atoms with van der Waals surface area (Å²) in [6, 6.07) is 7.76. The molecule has 0 spiro atoms. The molecule has 1 amide bonds. The van der Waals surface area contributed by atoms with Crippen LogP contribution in [0.25, 0.3) is 10.9 Å². The third kappa shape index (κ3) is 3.10. The van der Waals surface area contributed by atoms with Gasteiger partial charge in [0.2, 0.25) is 5.91 Å². The summed E-state index contributed by atoms with van der Waals surface area (Å²) in [4.78, 5) is 27.2. The average Bonchev–Trinajstić information content (AvgIpc) is 2.43. The molecule has 6 nitrogen and oxygen atoms in total. The summed E-state index contributed by atoms with van der Waals surface area (Å²) < 4.78 is 0. The fraction of sp³-hybridized carbons (Fsp3) is 0.267. The lowest BCUT2D eigenvalue weighted by atomic mass is 10.0. The zero-order chi connectivity index (χ0) is 15.6. The number of amides is 1. The molecule has 0 aliphatic rings. The number of hydrogen-bond donors (Lipinski definition) is 3. The molecule has 110 valence electrons. The van der Waals surface area contributed by atoms with Crippen LogP contribution < -0.4 is 11.1 Å². The number of nitrogens with zero attached hydrogens (tertiary/aromatic N) is 1. The van der Waals surface area contributed by atoms with Gasteiger partial charge in [0.05, 0.1) is 11.1 Å². The molecule has 2 aromatic rings. The Labute approximate surface area is 122 Å². The van der Waals surface area contributed by atoms with Gasteiger partial charge in [-0.05, 0) is 18.1 Å². The Morgan fingerprint density at radius 2 is 1.95 bits per heavy atom. The van der Waals surface area contributed by atoms with Crippen molar-refractivity contribution < 1.29 is 14.7 Å². The van der Waals surface area contributed by atoms with Crippen molar-refractivity contribution in [3.8, 4) is 0 Å². The second-order valence-electron chi connectivity index (χ2n) is 5.15. The molecule has 1 heterocycles. The number of rotatable bonds is 5. The van der Waals surface area contributed by atoms with Gasteiger partial charge >= 0.3 is 5.97 Å². The first-order chi connectivity index (χ1) is 9.90. The molecule has 21 heavy (non-hydrogen) atoms. The molecule has 2 rings (SSSR count). The van der Waals surface area contributed by atoms with E-state index in [0.717, 1.165) is 0 Å². The van der Waals surface area contributed by atoms with E-state index in [2.05, 4.69) is 10.3 Å². The van der Waals surface area contributed by atoms with E-state index < -0.39 is 17.9 Å². The Morgan fingerprint density at radius 3 is 2.52 bits per heavy atom. The Hall–Kier alpha value is -2.63. The number of anilines is 1. The molecule has 1 unspecified atom stereocenters. The van der Waals surface area contributed by atoms with E-state index in [9.17, 15) is 14.7 Å².